The van der Waals surface area contributed by atoms with Crippen LogP contribution in [0.25, 0.3) is 5.82 Å². The SMILES string of the molecule is CCCNc1nc(C)nc(-n2cnc3c2CCCC3)c1C. The van der Waals surface area contributed by atoms with Crippen LogP contribution in [0.2, 0.25) is 0 Å². The normalized spacial score (nSPS) is 14.0. The van der Waals surface area contributed by atoms with Crippen molar-refractivity contribution in [3.8, 4) is 5.82 Å². The molecule has 5 nitrogen and oxygen atoms in total. The van der Waals surface area contributed by atoms with Gasteiger partial charge >= 0.3 is 0 Å². The number of aromatic nitrogens is 4. The Balaban J connectivity index is 2.05. The van der Waals surface area contributed by atoms with Crippen LogP contribution in [0, 0.1) is 13.8 Å². The molecular formula is C16H23N5. The first-order valence-electron chi connectivity index (χ1n) is 7.85. The molecule has 0 unspecified atom stereocenters. The molecule has 0 bridgehead atoms. The number of fused-ring (bicyclic) bond motifs is 1. The quantitative estimate of drug-likeness (QED) is 0.938. The van der Waals surface area contributed by atoms with E-state index < -0.39 is 0 Å². The van der Waals surface area contributed by atoms with Crippen molar-refractivity contribution in [1.29, 1.82) is 0 Å². The molecule has 3 rings (SSSR count). The average Bonchev–Trinajstić information content (AvgIpc) is 2.91. The van der Waals surface area contributed by atoms with Gasteiger partial charge in [-0.15, -0.1) is 0 Å². The molecule has 1 N–H and O–H groups in total. The monoisotopic (exact) mass is 285 g/mol. The Morgan fingerprint density at radius 2 is 2.00 bits per heavy atom. The van der Waals surface area contributed by atoms with Crippen LogP contribution in [0.3, 0.4) is 0 Å². The van der Waals surface area contributed by atoms with Gasteiger partial charge in [0.05, 0.1) is 5.69 Å². The van der Waals surface area contributed by atoms with Crippen molar-refractivity contribution < 1.29 is 0 Å². The predicted molar refractivity (Wildman–Crippen MR) is 84.1 cm³/mol. The lowest BCUT2D eigenvalue weighted by Gasteiger charge is -2.17. The number of rotatable bonds is 4. The summed E-state index contributed by atoms with van der Waals surface area (Å²) in [6, 6.07) is 0. The lowest BCUT2D eigenvalue weighted by molar-refractivity contribution is 0.653. The highest BCUT2D eigenvalue weighted by molar-refractivity contribution is 5.52. The fourth-order valence-corrected chi connectivity index (χ4v) is 2.92. The summed E-state index contributed by atoms with van der Waals surface area (Å²) in [6.45, 7) is 7.12. The number of hydrogen-bond acceptors (Lipinski definition) is 4. The third-order valence-electron chi connectivity index (χ3n) is 4.03. The highest BCUT2D eigenvalue weighted by Gasteiger charge is 2.19. The molecule has 2 heterocycles. The van der Waals surface area contributed by atoms with Crippen molar-refractivity contribution in [2.45, 2.75) is 52.9 Å². The van der Waals surface area contributed by atoms with Crippen molar-refractivity contribution in [3.63, 3.8) is 0 Å². The van der Waals surface area contributed by atoms with Crippen molar-refractivity contribution >= 4 is 5.82 Å². The van der Waals surface area contributed by atoms with E-state index in [1.54, 1.807) is 0 Å². The van der Waals surface area contributed by atoms with Crippen LogP contribution >= 0.6 is 0 Å². The van der Waals surface area contributed by atoms with Gasteiger partial charge in [0.2, 0.25) is 0 Å². The number of aryl methyl sites for hydroxylation is 2. The Morgan fingerprint density at radius 3 is 2.81 bits per heavy atom. The lowest BCUT2D eigenvalue weighted by atomic mass is 10.0. The fraction of sp³-hybridized carbons (Fsp3) is 0.562. The summed E-state index contributed by atoms with van der Waals surface area (Å²) in [4.78, 5) is 13.8. The van der Waals surface area contributed by atoms with E-state index in [9.17, 15) is 0 Å². The fourth-order valence-electron chi connectivity index (χ4n) is 2.92. The van der Waals surface area contributed by atoms with E-state index in [0.29, 0.717) is 0 Å². The summed E-state index contributed by atoms with van der Waals surface area (Å²) in [6.07, 6.45) is 7.67. The van der Waals surface area contributed by atoms with E-state index in [1.165, 1.54) is 24.2 Å². The first-order valence-corrected chi connectivity index (χ1v) is 7.85. The molecule has 2 aromatic heterocycles. The Hall–Kier alpha value is -1.91. The van der Waals surface area contributed by atoms with Crippen molar-refractivity contribution in [3.05, 3.63) is 29.1 Å². The van der Waals surface area contributed by atoms with E-state index in [4.69, 9.17) is 0 Å². The smallest absolute Gasteiger partial charge is 0.146 e. The lowest BCUT2D eigenvalue weighted by Crippen LogP contribution is -2.13. The molecule has 0 amide bonds. The molecule has 1 aliphatic rings. The van der Waals surface area contributed by atoms with E-state index in [2.05, 4.69) is 38.7 Å². The molecule has 5 heteroatoms. The summed E-state index contributed by atoms with van der Waals surface area (Å²) < 4.78 is 2.16. The minimum absolute atomic E-state index is 0.799. The van der Waals surface area contributed by atoms with Gasteiger partial charge in [0, 0.05) is 17.8 Å². The van der Waals surface area contributed by atoms with Crippen molar-refractivity contribution in [2.75, 3.05) is 11.9 Å². The van der Waals surface area contributed by atoms with Gasteiger partial charge in [-0.1, -0.05) is 6.92 Å². The number of imidazole rings is 1. The molecule has 0 saturated carbocycles. The number of anilines is 1. The second-order valence-electron chi connectivity index (χ2n) is 5.71. The maximum absolute atomic E-state index is 4.66. The number of nitrogens with zero attached hydrogens (tertiary/aromatic N) is 4. The third-order valence-corrected chi connectivity index (χ3v) is 4.03. The van der Waals surface area contributed by atoms with Crippen LogP contribution < -0.4 is 5.32 Å². The zero-order valence-electron chi connectivity index (χ0n) is 13.1. The topological polar surface area (TPSA) is 55.6 Å². The maximum Gasteiger partial charge on any atom is 0.146 e. The molecule has 112 valence electrons. The van der Waals surface area contributed by atoms with E-state index in [-0.39, 0.29) is 0 Å². The van der Waals surface area contributed by atoms with Gasteiger partial charge in [-0.25, -0.2) is 15.0 Å². The Morgan fingerprint density at radius 1 is 1.19 bits per heavy atom. The summed E-state index contributed by atoms with van der Waals surface area (Å²) >= 11 is 0. The summed E-state index contributed by atoms with van der Waals surface area (Å²) in [5.41, 5.74) is 3.66. The van der Waals surface area contributed by atoms with E-state index >= 15 is 0 Å². The van der Waals surface area contributed by atoms with E-state index in [0.717, 1.165) is 48.8 Å². The van der Waals surface area contributed by atoms with Gasteiger partial charge in [-0.05, 0) is 46.0 Å². The highest BCUT2D eigenvalue weighted by atomic mass is 15.2. The predicted octanol–water partition coefficient (Wildman–Crippen LogP) is 2.98. The highest BCUT2D eigenvalue weighted by Crippen LogP contribution is 2.26. The van der Waals surface area contributed by atoms with Crippen molar-refractivity contribution in [1.82, 2.24) is 19.5 Å². The Bertz CT molecular complexity index is 644. The molecule has 0 atom stereocenters. The Labute approximate surface area is 125 Å². The van der Waals surface area contributed by atoms with Gasteiger partial charge in [0.1, 0.15) is 23.8 Å². The van der Waals surface area contributed by atoms with E-state index in [1.807, 2.05) is 13.3 Å². The van der Waals surface area contributed by atoms with Gasteiger partial charge in [-0.3, -0.25) is 4.57 Å². The zero-order valence-corrected chi connectivity index (χ0v) is 13.1. The van der Waals surface area contributed by atoms with Crippen LogP contribution in [0.1, 0.15) is 49.0 Å². The molecular weight excluding hydrogens is 262 g/mol. The van der Waals surface area contributed by atoms with Crippen LogP contribution in [0.4, 0.5) is 5.82 Å². The number of hydrogen-bond donors (Lipinski definition) is 1. The molecule has 0 aliphatic heterocycles. The van der Waals surface area contributed by atoms with Gasteiger partial charge in [0.25, 0.3) is 0 Å². The first-order chi connectivity index (χ1) is 10.2. The molecule has 0 radical (unpaired) electrons. The molecule has 0 saturated heterocycles. The average molecular weight is 285 g/mol. The zero-order chi connectivity index (χ0) is 14.8. The largest absolute Gasteiger partial charge is 0.370 e. The second kappa shape index (κ2) is 5.84. The van der Waals surface area contributed by atoms with Crippen LogP contribution in [-0.4, -0.2) is 26.1 Å². The van der Waals surface area contributed by atoms with Crippen LogP contribution in [-0.2, 0) is 12.8 Å². The van der Waals surface area contributed by atoms with Gasteiger partial charge in [-0.2, -0.15) is 0 Å². The molecule has 0 fully saturated rings. The minimum Gasteiger partial charge on any atom is -0.370 e. The van der Waals surface area contributed by atoms with Gasteiger partial charge in [0.15, 0.2) is 0 Å². The second-order valence-corrected chi connectivity index (χ2v) is 5.71. The van der Waals surface area contributed by atoms with Crippen LogP contribution in [0.5, 0.6) is 0 Å². The molecule has 21 heavy (non-hydrogen) atoms. The summed E-state index contributed by atoms with van der Waals surface area (Å²) in [5, 5.41) is 3.40. The molecule has 2 aromatic rings. The summed E-state index contributed by atoms with van der Waals surface area (Å²) in [5.74, 6) is 2.71. The standard InChI is InChI=1S/C16H23N5/c1-4-9-17-15-11(2)16(20-12(3)19-15)21-10-18-13-7-5-6-8-14(13)21/h10H,4-9H2,1-3H3,(H,17,19,20). The third kappa shape index (κ3) is 2.64. The first kappa shape index (κ1) is 14.0. The minimum atomic E-state index is 0.799. The number of nitrogens with one attached hydrogen (secondary N) is 1. The molecule has 1 aliphatic carbocycles. The Kier molecular flexibility index (Phi) is 3.90. The summed E-state index contributed by atoms with van der Waals surface area (Å²) in [7, 11) is 0. The van der Waals surface area contributed by atoms with Crippen LogP contribution in [0.15, 0.2) is 6.33 Å². The van der Waals surface area contributed by atoms with Crippen molar-refractivity contribution in [2.24, 2.45) is 0 Å². The molecule has 0 spiro atoms. The van der Waals surface area contributed by atoms with Gasteiger partial charge < -0.3 is 5.32 Å². The molecule has 0 aromatic carbocycles. The maximum atomic E-state index is 4.66.